The molecule has 0 bridgehead atoms. The Bertz CT molecular complexity index is 1020. The minimum absolute atomic E-state index is 0.101. The van der Waals surface area contributed by atoms with Gasteiger partial charge in [-0.3, -0.25) is 14.4 Å². The summed E-state index contributed by atoms with van der Waals surface area (Å²) < 4.78 is 10.6. The standard InChI is InChI=1S/C15H13N5O5/c1-8-17-11(25-19-8)7-24-12(21)6-20-15(23)10-5-3-2-4-9(10)13(18-20)14(16)22/h2-5H,6-7H2,1H3,(H2,16,22). The van der Waals surface area contributed by atoms with Crippen molar-refractivity contribution in [3.63, 3.8) is 0 Å². The van der Waals surface area contributed by atoms with Crippen molar-refractivity contribution in [3.8, 4) is 0 Å². The largest absolute Gasteiger partial charge is 0.454 e. The average Bonchev–Trinajstić information content (AvgIpc) is 3.01. The van der Waals surface area contributed by atoms with Crippen molar-refractivity contribution in [1.82, 2.24) is 19.9 Å². The Hall–Kier alpha value is -3.56. The van der Waals surface area contributed by atoms with Crippen LogP contribution < -0.4 is 11.3 Å². The smallest absolute Gasteiger partial charge is 0.328 e. The van der Waals surface area contributed by atoms with E-state index in [1.807, 2.05) is 0 Å². The van der Waals surface area contributed by atoms with Crippen molar-refractivity contribution >= 4 is 22.6 Å². The third-order valence-electron chi connectivity index (χ3n) is 3.31. The number of rotatable bonds is 5. The van der Waals surface area contributed by atoms with Crippen LogP contribution in [0.4, 0.5) is 0 Å². The minimum atomic E-state index is -0.806. The van der Waals surface area contributed by atoms with E-state index in [2.05, 4.69) is 15.2 Å². The Morgan fingerprint density at radius 3 is 2.64 bits per heavy atom. The summed E-state index contributed by atoms with van der Waals surface area (Å²) in [4.78, 5) is 39.8. The lowest BCUT2D eigenvalue weighted by Crippen LogP contribution is -2.31. The molecule has 3 rings (SSSR count). The van der Waals surface area contributed by atoms with Crippen LogP contribution in [0.2, 0.25) is 0 Å². The van der Waals surface area contributed by atoms with Gasteiger partial charge in [-0.2, -0.15) is 10.1 Å². The first kappa shape index (κ1) is 16.3. The van der Waals surface area contributed by atoms with E-state index in [9.17, 15) is 14.4 Å². The predicted molar refractivity (Wildman–Crippen MR) is 83.4 cm³/mol. The molecule has 0 aliphatic rings. The molecule has 0 saturated heterocycles. The Kier molecular flexibility index (Phi) is 4.25. The Balaban J connectivity index is 1.85. The molecular weight excluding hydrogens is 330 g/mol. The fourth-order valence-electron chi connectivity index (χ4n) is 2.23. The molecule has 1 aromatic carbocycles. The molecule has 25 heavy (non-hydrogen) atoms. The third-order valence-corrected chi connectivity index (χ3v) is 3.31. The molecule has 128 valence electrons. The second-order valence-corrected chi connectivity index (χ2v) is 5.12. The molecule has 0 aliphatic heterocycles. The fourth-order valence-corrected chi connectivity index (χ4v) is 2.23. The zero-order valence-corrected chi connectivity index (χ0v) is 13.1. The molecule has 0 saturated carbocycles. The van der Waals surface area contributed by atoms with Gasteiger partial charge in [0.2, 0.25) is 0 Å². The summed E-state index contributed by atoms with van der Waals surface area (Å²) in [5.41, 5.74) is 4.67. The van der Waals surface area contributed by atoms with Crippen LogP contribution in [-0.4, -0.2) is 31.8 Å². The molecule has 0 radical (unpaired) electrons. The summed E-state index contributed by atoms with van der Waals surface area (Å²) in [7, 11) is 0. The summed E-state index contributed by atoms with van der Waals surface area (Å²) in [6, 6.07) is 6.37. The molecule has 2 aromatic heterocycles. The highest BCUT2D eigenvalue weighted by Gasteiger charge is 2.17. The van der Waals surface area contributed by atoms with Crippen LogP contribution in [0, 0.1) is 6.92 Å². The topological polar surface area (TPSA) is 143 Å². The van der Waals surface area contributed by atoms with E-state index in [1.165, 1.54) is 6.07 Å². The predicted octanol–water partition coefficient (Wildman–Crippen LogP) is -0.0698. The Morgan fingerprint density at radius 1 is 1.28 bits per heavy atom. The first-order valence-electron chi connectivity index (χ1n) is 7.20. The Labute approximate surface area is 140 Å². The van der Waals surface area contributed by atoms with Gasteiger partial charge in [0.15, 0.2) is 18.1 Å². The quantitative estimate of drug-likeness (QED) is 0.634. The number of nitrogens with zero attached hydrogens (tertiary/aromatic N) is 4. The first-order valence-corrected chi connectivity index (χ1v) is 7.20. The summed E-state index contributed by atoms with van der Waals surface area (Å²) in [5.74, 6) is -1.03. The number of hydrogen-bond donors (Lipinski definition) is 1. The van der Waals surface area contributed by atoms with Crippen molar-refractivity contribution in [3.05, 3.63) is 52.0 Å². The number of primary amides is 1. The third kappa shape index (κ3) is 3.37. The Morgan fingerprint density at radius 2 is 2.00 bits per heavy atom. The monoisotopic (exact) mass is 343 g/mol. The van der Waals surface area contributed by atoms with Crippen LogP contribution in [0.3, 0.4) is 0 Å². The zero-order chi connectivity index (χ0) is 18.0. The van der Waals surface area contributed by atoms with Crippen LogP contribution in [0.25, 0.3) is 10.8 Å². The second kappa shape index (κ2) is 6.51. The maximum absolute atomic E-state index is 12.4. The number of nitrogens with two attached hydrogens (primary N) is 1. The highest BCUT2D eigenvalue weighted by Crippen LogP contribution is 2.12. The van der Waals surface area contributed by atoms with Gasteiger partial charge in [-0.1, -0.05) is 23.4 Å². The van der Waals surface area contributed by atoms with Gasteiger partial charge < -0.3 is 15.0 Å². The normalized spacial score (nSPS) is 10.8. The van der Waals surface area contributed by atoms with Gasteiger partial charge in [-0.05, 0) is 13.0 Å². The lowest BCUT2D eigenvalue weighted by atomic mass is 10.1. The number of fused-ring (bicyclic) bond motifs is 1. The van der Waals surface area contributed by atoms with E-state index >= 15 is 0 Å². The van der Waals surface area contributed by atoms with Gasteiger partial charge in [0.05, 0.1) is 5.39 Å². The molecule has 0 atom stereocenters. The lowest BCUT2D eigenvalue weighted by molar-refractivity contribution is -0.146. The number of benzene rings is 1. The molecular formula is C15H13N5O5. The van der Waals surface area contributed by atoms with Crippen LogP contribution in [-0.2, 0) is 22.7 Å². The van der Waals surface area contributed by atoms with E-state index in [1.54, 1.807) is 25.1 Å². The second-order valence-electron chi connectivity index (χ2n) is 5.12. The van der Waals surface area contributed by atoms with E-state index in [4.69, 9.17) is 15.0 Å². The highest BCUT2D eigenvalue weighted by atomic mass is 16.6. The molecule has 0 aliphatic carbocycles. The highest BCUT2D eigenvalue weighted by molar-refractivity contribution is 6.03. The number of amides is 1. The van der Waals surface area contributed by atoms with Gasteiger partial charge in [-0.15, -0.1) is 0 Å². The molecule has 0 unspecified atom stereocenters. The molecule has 1 amide bonds. The lowest BCUT2D eigenvalue weighted by Gasteiger charge is -2.08. The van der Waals surface area contributed by atoms with Gasteiger partial charge >= 0.3 is 5.97 Å². The molecule has 0 fully saturated rings. The van der Waals surface area contributed by atoms with Crippen molar-refractivity contribution < 1.29 is 18.8 Å². The summed E-state index contributed by atoms with van der Waals surface area (Å²) >= 11 is 0. The van der Waals surface area contributed by atoms with Crippen LogP contribution in [0.1, 0.15) is 22.2 Å². The number of carbonyl (C=O) groups is 2. The maximum atomic E-state index is 12.4. The van der Waals surface area contributed by atoms with Gasteiger partial charge in [0, 0.05) is 5.39 Å². The summed E-state index contributed by atoms with van der Waals surface area (Å²) in [6.07, 6.45) is 0. The van der Waals surface area contributed by atoms with E-state index in [0.717, 1.165) is 4.68 Å². The fraction of sp³-hybridized carbons (Fsp3) is 0.200. The van der Waals surface area contributed by atoms with Crippen LogP contribution in [0.15, 0.2) is 33.6 Å². The summed E-state index contributed by atoms with van der Waals surface area (Å²) in [5, 5.41) is 7.99. The SMILES string of the molecule is Cc1noc(COC(=O)Cn2nc(C(N)=O)c3ccccc3c2=O)n1. The van der Waals surface area contributed by atoms with Crippen molar-refractivity contribution in [2.24, 2.45) is 5.73 Å². The van der Waals surface area contributed by atoms with Crippen LogP contribution >= 0.6 is 0 Å². The number of carbonyl (C=O) groups excluding carboxylic acids is 2. The number of aromatic nitrogens is 4. The van der Waals surface area contributed by atoms with E-state index < -0.39 is 24.0 Å². The molecule has 2 N–H and O–H groups in total. The van der Waals surface area contributed by atoms with Crippen LogP contribution in [0.5, 0.6) is 0 Å². The van der Waals surface area contributed by atoms with Gasteiger partial charge in [0.25, 0.3) is 17.4 Å². The molecule has 10 heteroatoms. The average molecular weight is 343 g/mol. The van der Waals surface area contributed by atoms with Crippen molar-refractivity contribution in [2.45, 2.75) is 20.1 Å². The molecule has 10 nitrogen and oxygen atoms in total. The maximum Gasteiger partial charge on any atom is 0.328 e. The molecule has 2 heterocycles. The van der Waals surface area contributed by atoms with Crippen molar-refractivity contribution in [2.75, 3.05) is 0 Å². The molecule has 0 spiro atoms. The first-order chi connectivity index (χ1) is 12.0. The van der Waals surface area contributed by atoms with E-state index in [-0.39, 0.29) is 23.6 Å². The molecule has 3 aromatic rings. The number of ether oxygens (including phenoxy) is 1. The summed E-state index contributed by atoms with van der Waals surface area (Å²) in [6.45, 7) is 0.903. The number of esters is 1. The number of hydrogen-bond acceptors (Lipinski definition) is 8. The van der Waals surface area contributed by atoms with Gasteiger partial charge in [-0.25, -0.2) is 4.68 Å². The number of aryl methyl sites for hydroxylation is 1. The zero-order valence-electron chi connectivity index (χ0n) is 13.1. The van der Waals surface area contributed by atoms with E-state index in [0.29, 0.717) is 11.2 Å². The minimum Gasteiger partial charge on any atom is -0.454 e. The van der Waals surface area contributed by atoms with Gasteiger partial charge in [0.1, 0.15) is 6.54 Å². The van der Waals surface area contributed by atoms with Crippen molar-refractivity contribution in [1.29, 1.82) is 0 Å².